The zero-order valence-electron chi connectivity index (χ0n) is 16.7. The number of nitrogens with one attached hydrogen (secondary N) is 1. The standard InChI is InChI=1S/C23H19N3O5/c1-26-13-17(11-14-7-9-16(10-8-14)23(29)30)19(27)18-22(26)31-21(25-18)20(28)24-12-15-5-3-2-4-6-15/h2-10,13H,11-12H2,1H3,(H,24,28)(H,29,30). The van der Waals surface area contributed by atoms with Crippen molar-refractivity contribution in [1.29, 1.82) is 0 Å². The van der Waals surface area contributed by atoms with Crippen LogP contribution in [0.25, 0.3) is 11.2 Å². The fourth-order valence-electron chi connectivity index (χ4n) is 3.26. The van der Waals surface area contributed by atoms with Gasteiger partial charge in [-0.05, 0) is 23.3 Å². The highest BCUT2D eigenvalue weighted by molar-refractivity contribution is 5.92. The van der Waals surface area contributed by atoms with Crippen molar-refractivity contribution < 1.29 is 19.1 Å². The average Bonchev–Trinajstić information content (AvgIpc) is 3.23. The predicted molar refractivity (Wildman–Crippen MR) is 113 cm³/mol. The largest absolute Gasteiger partial charge is 0.478 e. The number of hydrogen-bond donors (Lipinski definition) is 2. The first-order chi connectivity index (χ1) is 14.9. The van der Waals surface area contributed by atoms with E-state index < -0.39 is 11.9 Å². The molecule has 0 fully saturated rings. The Hall–Kier alpha value is -4.20. The number of carbonyl (C=O) groups excluding carboxylic acids is 1. The van der Waals surface area contributed by atoms with Crippen molar-refractivity contribution >= 4 is 23.1 Å². The number of aryl methyl sites for hydroxylation is 1. The number of carboxylic acids is 1. The summed E-state index contributed by atoms with van der Waals surface area (Å²) >= 11 is 0. The van der Waals surface area contributed by atoms with Gasteiger partial charge in [0.05, 0.1) is 5.56 Å². The summed E-state index contributed by atoms with van der Waals surface area (Å²) in [6.07, 6.45) is 1.93. The average molecular weight is 417 g/mol. The van der Waals surface area contributed by atoms with Crippen LogP contribution in [0.5, 0.6) is 0 Å². The van der Waals surface area contributed by atoms with Crippen molar-refractivity contribution in [2.45, 2.75) is 13.0 Å². The maximum Gasteiger partial charge on any atom is 0.335 e. The van der Waals surface area contributed by atoms with Crippen LogP contribution in [0.1, 0.15) is 37.7 Å². The second-order valence-electron chi connectivity index (χ2n) is 7.11. The molecule has 0 aliphatic rings. The van der Waals surface area contributed by atoms with E-state index in [4.69, 9.17) is 9.52 Å². The van der Waals surface area contributed by atoms with Gasteiger partial charge in [-0.2, -0.15) is 4.98 Å². The number of nitrogens with zero attached hydrogens (tertiary/aromatic N) is 2. The van der Waals surface area contributed by atoms with E-state index in [1.54, 1.807) is 29.9 Å². The Labute approximate surface area is 176 Å². The van der Waals surface area contributed by atoms with Gasteiger partial charge in [-0.1, -0.05) is 42.5 Å². The first-order valence-electron chi connectivity index (χ1n) is 9.56. The third kappa shape index (κ3) is 4.23. The van der Waals surface area contributed by atoms with Crippen LogP contribution in [-0.2, 0) is 20.0 Å². The maximum atomic E-state index is 12.9. The Morgan fingerprint density at radius 3 is 2.45 bits per heavy atom. The van der Waals surface area contributed by atoms with Gasteiger partial charge in [-0.25, -0.2) is 4.79 Å². The molecule has 0 spiro atoms. The molecule has 1 amide bonds. The van der Waals surface area contributed by atoms with Gasteiger partial charge in [0, 0.05) is 31.8 Å². The van der Waals surface area contributed by atoms with Crippen molar-refractivity contribution in [1.82, 2.24) is 14.9 Å². The molecule has 0 atom stereocenters. The SMILES string of the molecule is Cn1cc(Cc2ccc(C(=O)O)cc2)c(=O)c2nc(C(=O)NCc3ccccc3)oc21. The molecule has 0 aliphatic heterocycles. The van der Waals surface area contributed by atoms with Crippen LogP contribution in [0.15, 0.2) is 70.0 Å². The summed E-state index contributed by atoms with van der Waals surface area (Å²) in [5.41, 5.74) is 2.30. The molecule has 2 heterocycles. The van der Waals surface area contributed by atoms with E-state index in [1.165, 1.54) is 12.1 Å². The summed E-state index contributed by atoms with van der Waals surface area (Å²) in [4.78, 5) is 40.5. The van der Waals surface area contributed by atoms with E-state index in [0.717, 1.165) is 11.1 Å². The normalized spacial score (nSPS) is 10.9. The molecule has 156 valence electrons. The van der Waals surface area contributed by atoms with Crippen LogP contribution in [0, 0.1) is 0 Å². The molecule has 2 aromatic carbocycles. The summed E-state index contributed by atoms with van der Waals surface area (Å²) in [6, 6.07) is 15.7. The minimum absolute atomic E-state index is 0.0759. The number of hydrogen-bond acceptors (Lipinski definition) is 5. The molecule has 8 heteroatoms. The molecule has 0 bridgehead atoms. The van der Waals surface area contributed by atoms with Gasteiger partial charge in [0.15, 0.2) is 5.52 Å². The number of carbonyl (C=O) groups is 2. The van der Waals surface area contributed by atoms with E-state index in [-0.39, 0.29) is 28.1 Å². The Morgan fingerprint density at radius 2 is 1.77 bits per heavy atom. The van der Waals surface area contributed by atoms with E-state index in [2.05, 4.69) is 10.3 Å². The fraction of sp³-hybridized carbons (Fsp3) is 0.130. The third-order valence-electron chi connectivity index (χ3n) is 4.87. The van der Waals surface area contributed by atoms with E-state index in [9.17, 15) is 14.4 Å². The molecule has 31 heavy (non-hydrogen) atoms. The minimum Gasteiger partial charge on any atom is -0.478 e. The fourth-order valence-corrected chi connectivity index (χ4v) is 3.26. The Balaban J connectivity index is 1.58. The minimum atomic E-state index is -1.01. The van der Waals surface area contributed by atoms with Gasteiger partial charge in [0.1, 0.15) is 0 Å². The topological polar surface area (TPSA) is 114 Å². The Morgan fingerprint density at radius 1 is 1.06 bits per heavy atom. The zero-order chi connectivity index (χ0) is 22.0. The summed E-state index contributed by atoms with van der Waals surface area (Å²) in [6.45, 7) is 0.312. The third-order valence-corrected chi connectivity index (χ3v) is 4.87. The highest BCUT2D eigenvalue weighted by Crippen LogP contribution is 2.15. The number of fused-ring (bicyclic) bond motifs is 1. The number of benzene rings is 2. The number of aromatic nitrogens is 2. The van der Waals surface area contributed by atoms with Gasteiger partial charge in [0.2, 0.25) is 11.1 Å². The lowest BCUT2D eigenvalue weighted by Gasteiger charge is -2.05. The zero-order valence-corrected chi connectivity index (χ0v) is 16.7. The second-order valence-corrected chi connectivity index (χ2v) is 7.11. The highest BCUT2D eigenvalue weighted by atomic mass is 16.4. The molecule has 0 radical (unpaired) electrons. The molecule has 4 aromatic rings. The predicted octanol–water partition coefficient (Wildman–Crippen LogP) is 2.75. The molecule has 4 rings (SSSR count). The second kappa shape index (κ2) is 8.27. The van der Waals surface area contributed by atoms with Crippen molar-refractivity contribution in [2.24, 2.45) is 7.05 Å². The maximum absolute atomic E-state index is 12.9. The molecule has 0 aliphatic carbocycles. The summed E-state index contributed by atoms with van der Waals surface area (Å²) < 4.78 is 7.16. The number of amides is 1. The molecular formula is C23H19N3O5. The van der Waals surface area contributed by atoms with Crippen molar-refractivity contribution in [3.63, 3.8) is 0 Å². The van der Waals surface area contributed by atoms with Gasteiger partial charge < -0.3 is 19.4 Å². The van der Waals surface area contributed by atoms with Crippen molar-refractivity contribution in [2.75, 3.05) is 0 Å². The number of pyridine rings is 1. The van der Waals surface area contributed by atoms with Crippen molar-refractivity contribution in [3.05, 3.63) is 99.2 Å². The van der Waals surface area contributed by atoms with Crippen molar-refractivity contribution in [3.8, 4) is 0 Å². The van der Waals surface area contributed by atoms with Gasteiger partial charge in [-0.3, -0.25) is 9.59 Å². The smallest absolute Gasteiger partial charge is 0.335 e. The quantitative estimate of drug-likeness (QED) is 0.499. The summed E-state index contributed by atoms with van der Waals surface area (Å²) in [5, 5.41) is 11.7. The van der Waals surface area contributed by atoms with Crippen LogP contribution < -0.4 is 10.7 Å². The molecule has 0 saturated carbocycles. The highest BCUT2D eigenvalue weighted by Gasteiger charge is 2.19. The monoisotopic (exact) mass is 417 g/mol. The van der Waals surface area contributed by atoms with Gasteiger partial charge >= 0.3 is 11.9 Å². The molecule has 8 nitrogen and oxygen atoms in total. The Kier molecular flexibility index (Phi) is 5.36. The van der Waals surface area contributed by atoms with Gasteiger partial charge in [0.25, 0.3) is 5.89 Å². The number of carboxylic acid groups (broad SMARTS) is 1. The lowest BCUT2D eigenvalue weighted by atomic mass is 10.0. The molecular weight excluding hydrogens is 398 g/mol. The van der Waals surface area contributed by atoms with E-state index in [1.807, 2.05) is 30.3 Å². The van der Waals surface area contributed by atoms with Crippen LogP contribution in [0.4, 0.5) is 0 Å². The Bertz CT molecular complexity index is 1320. The molecule has 2 aromatic heterocycles. The van der Waals surface area contributed by atoms with Crippen LogP contribution in [-0.4, -0.2) is 26.5 Å². The van der Waals surface area contributed by atoms with E-state index in [0.29, 0.717) is 18.5 Å². The van der Waals surface area contributed by atoms with Crippen LogP contribution in [0.2, 0.25) is 0 Å². The van der Waals surface area contributed by atoms with E-state index >= 15 is 0 Å². The molecule has 0 saturated heterocycles. The summed E-state index contributed by atoms with van der Waals surface area (Å²) in [7, 11) is 1.70. The van der Waals surface area contributed by atoms with Gasteiger partial charge in [-0.15, -0.1) is 0 Å². The van der Waals surface area contributed by atoms with Crippen LogP contribution >= 0.6 is 0 Å². The number of rotatable bonds is 6. The van der Waals surface area contributed by atoms with Crippen LogP contribution in [0.3, 0.4) is 0 Å². The first kappa shape index (κ1) is 20.1. The number of oxazole rings is 1. The summed E-state index contributed by atoms with van der Waals surface area (Å²) in [5.74, 6) is -1.70. The molecule has 2 N–H and O–H groups in total. The first-order valence-corrected chi connectivity index (χ1v) is 9.56. The number of aromatic carboxylic acids is 1. The molecule has 0 unspecified atom stereocenters. The lowest BCUT2D eigenvalue weighted by Crippen LogP contribution is -2.23. The lowest BCUT2D eigenvalue weighted by molar-refractivity contribution is 0.0696.